The Kier molecular flexibility index (Phi) is 5.67. The molecular formula is C16H25NO2. The SMILES string of the molecule is CCCOc1cccc(C2CC2CNCCOC)c1. The van der Waals surface area contributed by atoms with Gasteiger partial charge in [-0.3, -0.25) is 0 Å². The van der Waals surface area contributed by atoms with Crippen LogP contribution in [0.4, 0.5) is 0 Å². The molecule has 1 saturated carbocycles. The van der Waals surface area contributed by atoms with Crippen molar-refractivity contribution in [2.45, 2.75) is 25.7 Å². The Morgan fingerprint density at radius 1 is 1.32 bits per heavy atom. The molecular weight excluding hydrogens is 238 g/mol. The summed E-state index contributed by atoms with van der Waals surface area (Å²) >= 11 is 0. The molecule has 1 aromatic rings. The fourth-order valence-corrected chi connectivity index (χ4v) is 2.40. The molecule has 2 rings (SSSR count). The summed E-state index contributed by atoms with van der Waals surface area (Å²) < 4.78 is 10.7. The third-order valence-electron chi connectivity index (χ3n) is 3.57. The summed E-state index contributed by atoms with van der Waals surface area (Å²) in [7, 11) is 1.74. The topological polar surface area (TPSA) is 30.5 Å². The number of methoxy groups -OCH3 is 1. The van der Waals surface area contributed by atoms with E-state index in [0.717, 1.165) is 44.4 Å². The molecule has 0 spiro atoms. The van der Waals surface area contributed by atoms with Gasteiger partial charge in [-0.2, -0.15) is 0 Å². The van der Waals surface area contributed by atoms with E-state index in [2.05, 4.69) is 30.4 Å². The molecule has 0 bridgehead atoms. The van der Waals surface area contributed by atoms with Gasteiger partial charge in [0, 0.05) is 13.7 Å². The van der Waals surface area contributed by atoms with Gasteiger partial charge in [0.05, 0.1) is 13.2 Å². The van der Waals surface area contributed by atoms with Gasteiger partial charge in [0.15, 0.2) is 0 Å². The van der Waals surface area contributed by atoms with Gasteiger partial charge >= 0.3 is 0 Å². The number of nitrogens with one attached hydrogen (secondary N) is 1. The summed E-state index contributed by atoms with van der Waals surface area (Å²) in [4.78, 5) is 0. The standard InChI is InChI=1S/C16H25NO2/c1-3-8-19-15-6-4-5-13(10-15)16-11-14(16)12-17-7-9-18-2/h4-6,10,14,16-17H,3,7-9,11-12H2,1-2H3. The molecule has 19 heavy (non-hydrogen) atoms. The van der Waals surface area contributed by atoms with Crippen LogP contribution in [0.2, 0.25) is 0 Å². The van der Waals surface area contributed by atoms with Crippen LogP contribution >= 0.6 is 0 Å². The van der Waals surface area contributed by atoms with E-state index in [1.807, 2.05) is 6.07 Å². The van der Waals surface area contributed by atoms with Crippen molar-refractivity contribution in [2.24, 2.45) is 5.92 Å². The van der Waals surface area contributed by atoms with Crippen LogP contribution in [-0.2, 0) is 4.74 Å². The van der Waals surface area contributed by atoms with Gasteiger partial charge in [-0.25, -0.2) is 0 Å². The van der Waals surface area contributed by atoms with Crippen LogP contribution in [0.1, 0.15) is 31.2 Å². The Labute approximate surface area is 116 Å². The maximum Gasteiger partial charge on any atom is 0.119 e. The molecule has 1 aromatic carbocycles. The molecule has 0 radical (unpaired) electrons. The highest BCUT2D eigenvalue weighted by atomic mass is 16.5. The van der Waals surface area contributed by atoms with E-state index < -0.39 is 0 Å². The third kappa shape index (κ3) is 4.51. The van der Waals surface area contributed by atoms with Gasteiger partial charge in [-0.15, -0.1) is 0 Å². The van der Waals surface area contributed by atoms with Crippen molar-refractivity contribution in [3.05, 3.63) is 29.8 Å². The lowest BCUT2D eigenvalue weighted by Crippen LogP contribution is -2.21. The quantitative estimate of drug-likeness (QED) is 0.695. The van der Waals surface area contributed by atoms with Gasteiger partial charge in [0.1, 0.15) is 5.75 Å². The highest BCUT2D eigenvalue weighted by Crippen LogP contribution is 2.47. The highest BCUT2D eigenvalue weighted by molar-refractivity contribution is 5.34. The minimum atomic E-state index is 0.709. The number of hydrogen-bond acceptors (Lipinski definition) is 3. The molecule has 0 heterocycles. The summed E-state index contributed by atoms with van der Waals surface area (Å²) in [6, 6.07) is 8.58. The number of rotatable bonds is 9. The second kappa shape index (κ2) is 7.51. The highest BCUT2D eigenvalue weighted by Gasteiger charge is 2.37. The number of benzene rings is 1. The number of ether oxygens (including phenoxy) is 2. The molecule has 1 fully saturated rings. The van der Waals surface area contributed by atoms with Gasteiger partial charge in [0.25, 0.3) is 0 Å². The molecule has 1 N–H and O–H groups in total. The lowest BCUT2D eigenvalue weighted by molar-refractivity contribution is 0.199. The first kappa shape index (κ1) is 14.4. The molecule has 2 unspecified atom stereocenters. The Morgan fingerprint density at radius 2 is 2.21 bits per heavy atom. The van der Waals surface area contributed by atoms with Gasteiger partial charge < -0.3 is 14.8 Å². The van der Waals surface area contributed by atoms with Crippen molar-refractivity contribution in [1.82, 2.24) is 5.32 Å². The average Bonchev–Trinajstić information content (AvgIpc) is 3.21. The Bertz CT molecular complexity index is 381. The van der Waals surface area contributed by atoms with Crippen LogP contribution in [0, 0.1) is 5.92 Å². The minimum absolute atomic E-state index is 0.709. The van der Waals surface area contributed by atoms with E-state index in [0.29, 0.717) is 5.92 Å². The predicted octanol–water partition coefficient (Wildman–Crippen LogP) is 2.81. The fraction of sp³-hybridized carbons (Fsp3) is 0.625. The van der Waals surface area contributed by atoms with Gasteiger partial charge in [-0.05, 0) is 48.9 Å². The van der Waals surface area contributed by atoms with E-state index in [1.54, 1.807) is 7.11 Å². The minimum Gasteiger partial charge on any atom is -0.494 e. The Hall–Kier alpha value is -1.06. The summed E-state index contributed by atoms with van der Waals surface area (Å²) in [6.45, 7) is 5.76. The Morgan fingerprint density at radius 3 is 3.00 bits per heavy atom. The summed E-state index contributed by atoms with van der Waals surface area (Å²) in [5, 5.41) is 3.44. The first-order valence-electron chi connectivity index (χ1n) is 7.27. The molecule has 3 heteroatoms. The molecule has 0 amide bonds. The van der Waals surface area contributed by atoms with Crippen LogP contribution in [0.3, 0.4) is 0 Å². The monoisotopic (exact) mass is 263 g/mol. The van der Waals surface area contributed by atoms with Crippen molar-refractivity contribution in [1.29, 1.82) is 0 Å². The zero-order valence-corrected chi connectivity index (χ0v) is 12.0. The smallest absolute Gasteiger partial charge is 0.119 e. The van der Waals surface area contributed by atoms with Crippen LogP contribution in [0.5, 0.6) is 5.75 Å². The van der Waals surface area contributed by atoms with Gasteiger partial charge in [0.2, 0.25) is 0 Å². The molecule has 0 aromatic heterocycles. The second-order valence-corrected chi connectivity index (χ2v) is 5.22. The fourth-order valence-electron chi connectivity index (χ4n) is 2.40. The zero-order valence-electron chi connectivity index (χ0n) is 12.0. The van der Waals surface area contributed by atoms with Crippen molar-refractivity contribution in [2.75, 3.05) is 33.4 Å². The lowest BCUT2D eigenvalue weighted by atomic mass is 10.1. The molecule has 3 nitrogen and oxygen atoms in total. The van der Waals surface area contributed by atoms with E-state index in [9.17, 15) is 0 Å². The first-order chi connectivity index (χ1) is 9.35. The van der Waals surface area contributed by atoms with E-state index in [-0.39, 0.29) is 0 Å². The normalized spacial score (nSPS) is 21.4. The second-order valence-electron chi connectivity index (χ2n) is 5.22. The van der Waals surface area contributed by atoms with Crippen LogP contribution in [-0.4, -0.2) is 33.4 Å². The third-order valence-corrected chi connectivity index (χ3v) is 3.57. The Balaban J connectivity index is 1.77. The van der Waals surface area contributed by atoms with Crippen LogP contribution in [0.25, 0.3) is 0 Å². The zero-order chi connectivity index (χ0) is 13.5. The maximum atomic E-state index is 5.69. The molecule has 0 saturated heterocycles. The van der Waals surface area contributed by atoms with Crippen LogP contribution in [0.15, 0.2) is 24.3 Å². The van der Waals surface area contributed by atoms with Crippen molar-refractivity contribution in [3.8, 4) is 5.75 Å². The van der Waals surface area contributed by atoms with E-state index >= 15 is 0 Å². The van der Waals surface area contributed by atoms with Gasteiger partial charge in [-0.1, -0.05) is 19.1 Å². The molecule has 1 aliphatic carbocycles. The number of hydrogen-bond donors (Lipinski definition) is 1. The molecule has 1 aliphatic rings. The largest absolute Gasteiger partial charge is 0.494 e. The maximum absolute atomic E-state index is 5.69. The molecule has 2 atom stereocenters. The lowest BCUT2D eigenvalue weighted by Gasteiger charge is -2.07. The van der Waals surface area contributed by atoms with Crippen LogP contribution < -0.4 is 10.1 Å². The van der Waals surface area contributed by atoms with Crippen molar-refractivity contribution < 1.29 is 9.47 Å². The van der Waals surface area contributed by atoms with Crippen molar-refractivity contribution in [3.63, 3.8) is 0 Å². The first-order valence-corrected chi connectivity index (χ1v) is 7.27. The molecule has 0 aliphatic heterocycles. The van der Waals surface area contributed by atoms with E-state index in [1.165, 1.54) is 12.0 Å². The summed E-state index contributed by atoms with van der Waals surface area (Å²) in [6.07, 6.45) is 2.34. The van der Waals surface area contributed by atoms with E-state index in [4.69, 9.17) is 9.47 Å². The molecule has 106 valence electrons. The summed E-state index contributed by atoms with van der Waals surface area (Å²) in [5.74, 6) is 2.50. The predicted molar refractivity (Wildman–Crippen MR) is 77.8 cm³/mol. The average molecular weight is 263 g/mol. The van der Waals surface area contributed by atoms with Crippen molar-refractivity contribution >= 4 is 0 Å². The summed E-state index contributed by atoms with van der Waals surface area (Å²) in [5.41, 5.74) is 1.42.